The summed E-state index contributed by atoms with van der Waals surface area (Å²) in [6.45, 7) is 5.49. The van der Waals surface area contributed by atoms with Crippen LogP contribution in [-0.4, -0.2) is 67.4 Å². The maximum absolute atomic E-state index is 13.2. The predicted molar refractivity (Wildman–Crippen MR) is 124 cm³/mol. The van der Waals surface area contributed by atoms with Crippen LogP contribution in [0.3, 0.4) is 0 Å². The number of benzene rings is 2. The number of sulfonamides is 1. The quantitative estimate of drug-likeness (QED) is 0.601. The largest absolute Gasteiger partial charge is 0.340 e. The summed E-state index contributed by atoms with van der Waals surface area (Å²) in [7, 11) is -3.82. The van der Waals surface area contributed by atoms with Gasteiger partial charge in [0.15, 0.2) is 5.78 Å². The van der Waals surface area contributed by atoms with Crippen LogP contribution in [0.1, 0.15) is 41.5 Å². The molecule has 34 heavy (non-hydrogen) atoms. The van der Waals surface area contributed by atoms with E-state index in [1.165, 1.54) is 58.6 Å². The Bertz CT molecular complexity index is 1170. The molecule has 1 fully saturated rings. The topological polar surface area (TPSA) is 104 Å². The second-order valence-electron chi connectivity index (χ2n) is 8.52. The Morgan fingerprint density at radius 1 is 0.941 bits per heavy atom. The Balaban J connectivity index is 1.67. The van der Waals surface area contributed by atoms with E-state index in [2.05, 4.69) is 5.32 Å². The van der Waals surface area contributed by atoms with Gasteiger partial charge in [-0.25, -0.2) is 12.8 Å². The normalized spacial score (nSPS) is 15.7. The number of carbonyl (C=O) groups excluding carboxylic acids is 3. The Kier molecular flexibility index (Phi) is 7.83. The zero-order valence-corrected chi connectivity index (χ0v) is 20.1. The average Bonchev–Trinajstić information content (AvgIpc) is 2.82. The molecule has 2 amide bonds. The molecule has 1 atom stereocenters. The van der Waals surface area contributed by atoms with Gasteiger partial charge in [-0.3, -0.25) is 14.4 Å². The fourth-order valence-corrected chi connectivity index (χ4v) is 5.18. The van der Waals surface area contributed by atoms with E-state index in [0.29, 0.717) is 5.56 Å². The molecule has 2 aromatic carbocycles. The molecule has 1 N–H and O–H groups in total. The zero-order chi connectivity index (χ0) is 25.0. The van der Waals surface area contributed by atoms with Crippen molar-refractivity contribution >= 4 is 27.6 Å². The summed E-state index contributed by atoms with van der Waals surface area (Å²) < 4.78 is 40.5. The SMILES string of the molecule is CC(=O)c1cccc(S(=O)(=O)N2CCN(C(=O)[C@@H](NC(=O)c3ccc(F)cc3)C(C)C)CC2)c1. The minimum absolute atomic E-state index is 0.0339. The summed E-state index contributed by atoms with van der Waals surface area (Å²) in [6.07, 6.45) is 0. The smallest absolute Gasteiger partial charge is 0.251 e. The molecule has 2 aromatic rings. The molecule has 0 aromatic heterocycles. The van der Waals surface area contributed by atoms with E-state index >= 15 is 0 Å². The number of hydrogen-bond acceptors (Lipinski definition) is 5. The predicted octanol–water partition coefficient (Wildman–Crippen LogP) is 2.32. The first-order valence-corrected chi connectivity index (χ1v) is 12.4. The van der Waals surface area contributed by atoms with Crippen LogP contribution in [-0.2, 0) is 14.8 Å². The standard InChI is InChI=1S/C24H28FN3O5S/c1-16(2)22(26-23(30)18-7-9-20(25)10-8-18)24(31)27-11-13-28(14-12-27)34(32,33)21-6-4-5-19(15-21)17(3)29/h4-10,15-16,22H,11-14H2,1-3H3,(H,26,30)/t22-/m0/s1. The van der Waals surface area contributed by atoms with Gasteiger partial charge >= 0.3 is 0 Å². The first-order chi connectivity index (χ1) is 16.0. The van der Waals surface area contributed by atoms with E-state index in [0.717, 1.165) is 0 Å². The van der Waals surface area contributed by atoms with Gasteiger partial charge in [-0.1, -0.05) is 26.0 Å². The van der Waals surface area contributed by atoms with Crippen molar-refractivity contribution in [1.82, 2.24) is 14.5 Å². The maximum atomic E-state index is 13.2. The molecule has 1 heterocycles. The van der Waals surface area contributed by atoms with Crippen LogP contribution in [0.25, 0.3) is 0 Å². The van der Waals surface area contributed by atoms with Crippen molar-refractivity contribution in [3.8, 4) is 0 Å². The van der Waals surface area contributed by atoms with Crippen molar-refractivity contribution in [3.05, 3.63) is 65.5 Å². The molecular weight excluding hydrogens is 461 g/mol. The summed E-state index contributed by atoms with van der Waals surface area (Å²) in [5, 5.41) is 2.72. The number of nitrogens with one attached hydrogen (secondary N) is 1. The van der Waals surface area contributed by atoms with Crippen molar-refractivity contribution in [2.75, 3.05) is 26.2 Å². The number of hydrogen-bond donors (Lipinski definition) is 1. The molecule has 0 spiro atoms. The molecule has 182 valence electrons. The van der Waals surface area contributed by atoms with Gasteiger partial charge in [-0.15, -0.1) is 0 Å². The summed E-state index contributed by atoms with van der Waals surface area (Å²) in [4.78, 5) is 38.9. The van der Waals surface area contributed by atoms with Crippen LogP contribution < -0.4 is 5.32 Å². The molecule has 0 unspecified atom stereocenters. The average molecular weight is 490 g/mol. The molecule has 0 radical (unpaired) electrons. The van der Waals surface area contributed by atoms with E-state index < -0.39 is 27.8 Å². The molecule has 1 aliphatic rings. The van der Waals surface area contributed by atoms with E-state index in [4.69, 9.17) is 0 Å². The summed E-state index contributed by atoms with van der Waals surface area (Å²) in [5.41, 5.74) is 0.551. The van der Waals surface area contributed by atoms with E-state index in [9.17, 15) is 27.2 Å². The van der Waals surface area contributed by atoms with Gasteiger partial charge < -0.3 is 10.2 Å². The third-order valence-corrected chi connectivity index (χ3v) is 7.65. The van der Waals surface area contributed by atoms with Gasteiger partial charge in [0.2, 0.25) is 15.9 Å². The molecule has 1 aliphatic heterocycles. The first-order valence-electron chi connectivity index (χ1n) is 11.0. The van der Waals surface area contributed by atoms with E-state index in [-0.39, 0.29) is 54.2 Å². The van der Waals surface area contributed by atoms with E-state index in [1.807, 2.05) is 0 Å². The fraction of sp³-hybridized carbons (Fsp3) is 0.375. The van der Waals surface area contributed by atoms with Crippen LogP contribution in [0.4, 0.5) is 4.39 Å². The van der Waals surface area contributed by atoms with Gasteiger partial charge in [0.1, 0.15) is 11.9 Å². The number of piperazine rings is 1. The Labute approximate surface area is 198 Å². The van der Waals surface area contributed by atoms with Crippen molar-refractivity contribution in [1.29, 1.82) is 0 Å². The van der Waals surface area contributed by atoms with Crippen LogP contribution >= 0.6 is 0 Å². The molecule has 1 saturated heterocycles. The lowest BCUT2D eigenvalue weighted by molar-refractivity contribution is -0.135. The highest BCUT2D eigenvalue weighted by atomic mass is 32.2. The lowest BCUT2D eigenvalue weighted by Gasteiger charge is -2.36. The summed E-state index contributed by atoms with van der Waals surface area (Å²) >= 11 is 0. The molecule has 0 saturated carbocycles. The third kappa shape index (κ3) is 5.68. The summed E-state index contributed by atoms with van der Waals surface area (Å²) in [5.74, 6) is -1.70. The third-order valence-electron chi connectivity index (χ3n) is 5.75. The highest BCUT2D eigenvalue weighted by Gasteiger charge is 2.34. The Morgan fingerprint density at radius 2 is 1.56 bits per heavy atom. The highest BCUT2D eigenvalue weighted by Crippen LogP contribution is 2.20. The number of rotatable bonds is 7. The number of nitrogens with zero attached hydrogens (tertiary/aromatic N) is 2. The number of halogens is 1. The van der Waals surface area contributed by atoms with Crippen molar-refractivity contribution in [2.24, 2.45) is 5.92 Å². The van der Waals surface area contributed by atoms with Gasteiger partial charge in [-0.2, -0.15) is 4.31 Å². The molecule has 8 nitrogen and oxygen atoms in total. The van der Waals surface area contributed by atoms with Crippen molar-refractivity contribution < 1.29 is 27.2 Å². The fourth-order valence-electron chi connectivity index (χ4n) is 3.71. The molecule has 0 aliphatic carbocycles. The van der Waals surface area contributed by atoms with Gasteiger partial charge in [0, 0.05) is 37.3 Å². The highest BCUT2D eigenvalue weighted by molar-refractivity contribution is 7.89. The van der Waals surface area contributed by atoms with Gasteiger partial charge in [0.25, 0.3) is 5.91 Å². The molecular formula is C24H28FN3O5S. The number of Topliss-reactive ketones (excluding diaryl/α,β-unsaturated/α-hetero) is 1. The second-order valence-corrected chi connectivity index (χ2v) is 10.5. The minimum Gasteiger partial charge on any atom is -0.340 e. The molecule has 10 heteroatoms. The minimum atomic E-state index is -3.82. The lowest BCUT2D eigenvalue weighted by Crippen LogP contribution is -2.57. The summed E-state index contributed by atoms with van der Waals surface area (Å²) in [6, 6.07) is 10.1. The second kappa shape index (κ2) is 10.4. The number of amides is 2. The monoisotopic (exact) mass is 489 g/mol. The van der Waals surface area contributed by atoms with E-state index in [1.54, 1.807) is 19.9 Å². The van der Waals surface area contributed by atoms with Crippen LogP contribution in [0, 0.1) is 11.7 Å². The van der Waals surface area contributed by atoms with Crippen LogP contribution in [0.2, 0.25) is 0 Å². The van der Waals surface area contributed by atoms with Gasteiger partial charge in [0.05, 0.1) is 4.90 Å². The molecule has 0 bridgehead atoms. The number of carbonyl (C=O) groups is 3. The lowest BCUT2D eigenvalue weighted by atomic mass is 10.0. The Hall–Kier alpha value is -3.11. The number of ketones is 1. The maximum Gasteiger partial charge on any atom is 0.251 e. The van der Waals surface area contributed by atoms with Gasteiger partial charge in [-0.05, 0) is 49.2 Å². The molecule has 3 rings (SSSR count). The zero-order valence-electron chi connectivity index (χ0n) is 19.3. The Morgan fingerprint density at radius 3 is 2.12 bits per heavy atom. The van der Waals surface area contributed by atoms with Crippen LogP contribution in [0.15, 0.2) is 53.4 Å². The van der Waals surface area contributed by atoms with Crippen LogP contribution in [0.5, 0.6) is 0 Å². The van der Waals surface area contributed by atoms with Crippen molar-refractivity contribution in [2.45, 2.75) is 31.7 Å². The first kappa shape index (κ1) is 25.5. The van der Waals surface area contributed by atoms with Crippen molar-refractivity contribution in [3.63, 3.8) is 0 Å².